The largest absolute Gasteiger partial charge is 0.458 e. The first-order chi connectivity index (χ1) is 21.2. The van der Waals surface area contributed by atoms with E-state index in [-0.39, 0.29) is 53.5 Å². The fourth-order valence-corrected chi connectivity index (χ4v) is 9.63. The van der Waals surface area contributed by atoms with Crippen molar-refractivity contribution in [1.82, 2.24) is 0 Å². The average Bonchev–Trinajstić information content (AvgIpc) is 3.71. The Labute approximate surface area is 266 Å². The summed E-state index contributed by atoms with van der Waals surface area (Å²) < 4.78 is 21.7. The molecule has 6 bridgehead atoms. The maximum absolute atomic E-state index is 11.7. The van der Waals surface area contributed by atoms with Gasteiger partial charge in [-0.1, -0.05) is 26.7 Å². The fraction of sp³-hybridized carbons (Fsp3) is 0.722. The number of carbonyl (C=O) groups excluding carboxylic acids is 4. The van der Waals surface area contributed by atoms with Crippen LogP contribution in [-0.2, 0) is 38.1 Å². The van der Waals surface area contributed by atoms with Crippen LogP contribution in [0.25, 0.3) is 0 Å². The Morgan fingerprint density at radius 1 is 0.956 bits per heavy atom. The molecule has 0 aromatic rings. The molecule has 0 amide bonds. The maximum Gasteiger partial charge on any atom is 0.333 e. The molecule has 45 heavy (non-hydrogen) atoms. The molecule has 1 saturated heterocycles. The molecule has 9 heteroatoms. The molecular weight excluding hydrogens is 576 g/mol. The maximum atomic E-state index is 11.7. The number of hydrogen-bond donors (Lipinski definition) is 1. The van der Waals surface area contributed by atoms with Gasteiger partial charge in [0.1, 0.15) is 23.4 Å². The van der Waals surface area contributed by atoms with Crippen molar-refractivity contribution in [3.05, 3.63) is 37.0 Å². The molecule has 8 rings (SSSR count). The molecule has 8 aliphatic rings. The van der Waals surface area contributed by atoms with E-state index in [1.165, 1.54) is 25.3 Å². The highest BCUT2D eigenvalue weighted by Crippen LogP contribution is 2.59. The fourth-order valence-electron chi connectivity index (χ4n) is 9.63. The second-order valence-electron chi connectivity index (χ2n) is 15.0. The minimum absolute atomic E-state index is 0.0646. The molecule has 0 radical (unpaired) electrons. The van der Waals surface area contributed by atoms with Gasteiger partial charge < -0.3 is 24.1 Å². The molecule has 0 spiro atoms. The summed E-state index contributed by atoms with van der Waals surface area (Å²) in [5.74, 6) is 0.668. The summed E-state index contributed by atoms with van der Waals surface area (Å²) in [5, 5.41) is 10.5. The minimum atomic E-state index is -0.570. The van der Waals surface area contributed by atoms with Gasteiger partial charge in [0, 0.05) is 35.5 Å². The molecule has 1 aliphatic heterocycles. The summed E-state index contributed by atoms with van der Waals surface area (Å²) in [6.45, 7) is 16.0. The number of hydrogen-bond acceptors (Lipinski definition) is 9. The van der Waals surface area contributed by atoms with E-state index >= 15 is 0 Å². The standard InChI is InChI=1S/C14H20O3.C12H14O4.C10H16O2/c1-9(2)12(15)17-14-6-10-3-11(7-14)5-13(16,4-10)8-14;1-5(2)11(13)15-9-6-3-7-8(4-6)12(14)16-10(7)9;1-3-9(11)12-10(4-2)7-5-6-8-10/h10-11,16H,1,3-8H2,2H3;6-10H,1,3-4H2,2H3;3H,1,4-8H2,2H3. The van der Waals surface area contributed by atoms with Gasteiger partial charge in [-0.2, -0.15) is 0 Å². The Kier molecular flexibility index (Phi) is 9.43. The number of fused-ring (bicyclic) bond motifs is 1. The Morgan fingerprint density at radius 2 is 1.58 bits per heavy atom. The quantitative estimate of drug-likeness (QED) is 0.216. The van der Waals surface area contributed by atoms with E-state index in [0.29, 0.717) is 35.3 Å². The SMILES string of the molecule is C=C(C)C(=O)OC12CC3CC(CC(O)(C3)C1)C2.C=C(C)C(=O)OC1C2CC3C(=O)OC1C3C2.C=CC(=O)OC1(CC)CCCC1. The van der Waals surface area contributed by atoms with Gasteiger partial charge in [-0.05, 0) is 103 Å². The number of aliphatic hydroxyl groups is 1. The first kappa shape index (κ1) is 33.4. The molecule has 7 saturated carbocycles. The van der Waals surface area contributed by atoms with Crippen LogP contribution in [0.3, 0.4) is 0 Å². The molecule has 8 fully saturated rings. The molecule has 248 valence electrons. The van der Waals surface area contributed by atoms with Crippen LogP contribution >= 0.6 is 0 Å². The molecule has 7 unspecified atom stereocenters. The lowest BCUT2D eigenvalue weighted by molar-refractivity contribution is -0.217. The average molecular weight is 627 g/mol. The molecule has 0 aromatic heterocycles. The van der Waals surface area contributed by atoms with Gasteiger partial charge in [-0.3, -0.25) is 4.79 Å². The zero-order valence-corrected chi connectivity index (χ0v) is 27.1. The van der Waals surface area contributed by atoms with Gasteiger partial charge in [0.15, 0.2) is 0 Å². The molecule has 0 aromatic carbocycles. The second kappa shape index (κ2) is 12.7. The summed E-state index contributed by atoms with van der Waals surface area (Å²) >= 11 is 0. The van der Waals surface area contributed by atoms with Gasteiger partial charge in [0.25, 0.3) is 0 Å². The van der Waals surface area contributed by atoms with E-state index in [2.05, 4.69) is 26.7 Å². The summed E-state index contributed by atoms with van der Waals surface area (Å²) in [5.41, 5.74) is -0.282. The molecule has 9 nitrogen and oxygen atoms in total. The smallest absolute Gasteiger partial charge is 0.333 e. The highest BCUT2D eigenvalue weighted by atomic mass is 16.6. The highest BCUT2D eigenvalue weighted by molar-refractivity contribution is 5.88. The molecule has 1 heterocycles. The highest BCUT2D eigenvalue weighted by Gasteiger charge is 2.63. The predicted molar refractivity (Wildman–Crippen MR) is 165 cm³/mol. The lowest BCUT2D eigenvalue weighted by atomic mass is 9.52. The van der Waals surface area contributed by atoms with Crippen molar-refractivity contribution < 1.29 is 43.2 Å². The molecule has 7 aliphatic carbocycles. The predicted octanol–water partition coefficient (Wildman–Crippen LogP) is 5.68. The molecule has 1 N–H and O–H groups in total. The lowest BCUT2D eigenvalue weighted by Crippen LogP contribution is -2.60. The summed E-state index contributed by atoms with van der Waals surface area (Å²) in [4.78, 5) is 45.7. The molecular formula is C36H50O9. The van der Waals surface area contributed by atoms with Gasteiger partial charge in [0.2, 0.25) is 0 Å². The summed E-state index contributed by atoms with van der Waals surface area (Å²) in [6.07, 6.45) is 13.4. The van der Waals surface area contributed by atoms with Crippen LogP contribution < -0.4 is 0 Å². The number of esters is 4. The van der Waals surface area contributed by atoms with Crippen LogP contribution in [0, 0.1) is 29.6 Å². The summed E-state index contributed by atoms with van der Waals surface area (Å²) in [7, 11) is 0. The van der Waals surface area contributed by atoms with E-state index in [9.17, 15) is 24.3 Å². The number of carbonyl (C=O) groups is 4. The first-order valence-corrected chi connectivity index (χ1v) is 16.7. The van der Waals surface area contributed by atoms with Crippen molar-refractivity contribution in [2.75, 3.05) is 0 Å². The van der Waals surface area contributed by atoms with Crippen molar-refractivity contribution in [1.29, 1.82) is 0 Å². The number of rotatable bonds is 7. The summed E-state index contributed by atoms with van der Waals surface area (Å²) in [6, 6.07) is 0. The third-order valence-corrected chi connectivity index (χ3v) is 11.3. The zero-order valence-electron chi connectivity index (χ0n) is 27.1. The normalized spacial score (nSPS) is 38.6. The van der Waals surface area contributed by atoms with Crippen LogP contribution in [0.5, 0.6) is 0 Å². The van der Waals surface area contributed by atoms with E-state index in [4.69, 9.17) is 18.9 Å². The van der Waals surface area contributed by atoms with Crippen LogP contribution in [0.2, 0.25) is 0 Å². The van der Waals surface area contributed by atoms with Gasteiger partial charge >= 0.3 is 23.9 Å². The first-order valence-electron chi connectivity index (χ1n) is 16.7. The van der Waals surface area contributed by atoms with Crippen molar-refractivity contribution in [3.63, 3.8) is 0 Å². The zero-order chi connectivity index (χ0) is 32.7. The van der Waals surface area contributed by atoms with E-state index in [0.717, 1.165) is 57.8 Å². The van der Waals surface area contributed by atoms with Gasteiger partial charge in [-0.25, -0.2) is 14.4 Å². The van der Waals surface area contributed by atoms with E-state index in [1.807, 2.05) is 0 Å². The Bertz CT molecular complexity index is 1230. The van der Waals surface area contributed by atoms with E-state index < -0.39 is 11.2 Å². The third kappa shape index (κ3) is 6.93. The van der Waals surface area contributed by atoms with Crippen LogP contribution in [0.1, 0.15) is 104 Å². The topological polar surface area (TPSA) is 125 Å². The minimum Gasteiger partial charge on any atom is -0.458 e. The van der Waals surface area contributed by atoms with Crippen LogP contribution in [-0.4, -0.2) is 58.0 Å². The van der Waals surface area contributed by atoms with Gasteiger partial charge in [0.05, 0.1) is 11.5 Å². The Hall–Kier alpha value is -2.94. The second-order valence-corrected chi connectivity index (χ2v) is 15.0. The van der Waals surface area contributed by atoms with Crippen LogP contribution in [0.15, 0.2) is 37.0 Å². The van der Waals surface area contributed by atoms with Crippen LogP contribution in [0.4, 0.5) is 0 Å². The van der Waals surface area contributed by atoms with Crippen molar-refractivity contribution >= 4 is 23.9 Å². The number of ether oxygens (including phenoxy) is 4. The van der Waals surface area contributed by atoms with E-state index in [1.54, 1.807) is 13.8 Å². The Morgan fingerprint density at radius 3 is 2.11 bits per heavy atom. The van der Waals surface area contributed by atoms with Gasteiger partial charge in [-0.15, -0.1) is 0 Å². The lowest BCUT2D eigenvalue weighted by Gasteiger charge is -2.59. The Balaban J connectivity index is 0.000000136. The van der Waals surface area contributed by atoms with Crippen molar-refractivity contribution in [3.8, 4) is 0 Å². The monoisotopic (exact) mass is 626 g/mol. The van der Waals surface area contributed by atoms with Crippen molar-refractivity contribution in [2.45, 2.75) is 133 Å². The van der Waals surface area contributed by atoms with Crippen molar-refractivity contribution in [2.24, 2.45) is 29.6 Å². The molecule has 7 atom stereocenters. The third-order valence-electron chi connectivity index (χ3n) is 11.3.